The molecule has 0 bridgehead atoms. The molecule has 0 spiro atoms. The molecule has 7 heteroatoms. The van der Waals surface area contributed by atoms with E-state index in [2.05, 4.69) is 5.32 Å². The van der Waals surface area contributed by atoms with Crippen molar-refractivity contribution in [1.29, 1.82) is 0 Å². The molecule has 1 saturated heterocycles. The molecular weight excluding hydrogens is 320 g/mol. The summed E-state index contributed by atoms with van der Waals surface area (Å²) in [6, 6.07) is 6.60. The van der Waals surface area contributed by atoms with Crippen molar-refractivity contribution in [3.63, 3.8) is 0 Å². The molecule has 1 fully saturated rings. The molecule has 1 aliphatic heterocycles. The number of imide groups is 1. The number of amides is 3. The maximum absolute atomic E-state index is 12.0. The first kappa shape index (κ1) is 17.3. The van der Waals surface area contributed by atoms with E-state index in [-0.39, 0.29) is 31.4 Å². The molecule has 1 aliphatic rings. The highest BCUT2D eigenvalue weighted by Crippen LogP contribution is 2.17. The number of rotatable bonds is 6. The van der Waals surface area contributed by atoms with E-state index in [1.165, 1.54) is 0 Å². The van der Waals surface area contributed by atoms with Gasteiger partial charge in [-0.1, -0.05) is 23.7 Å². The van der Waals surface area contributed by atoms with Crippen LogP contribution in [0.3, 0.4) is 0 Å². The van der Waals surface area contributed by atoms with Gasteiger partial charge >= 0.3 is 12.0 Å². The molecule has 1 N–H and O–H groups in total. The van der Waals surface area contributed by atoms with Gasteiger partial charge in [0.25, 0.3) is 5.91 Å². The molecule has 124 valence electrons. The number of halogens is 1. The molecule has 1 heterocycles. The van der Waals surface area contributed by atoms with Crippen LogP contribution in [0.15, 0.2) is 24.3 Å². The zero-order valence-electron chi connectivity index (χ0n) is 13.1. The zero-order valence-corrected chi connectivity index (χ0v) is 13.9. The van der Waals surface area contributed by atoms with E-state index >= 15 is 0 Å². The number of esters is 1. The smallest absolute Gasteiger partial charge is 0.325 e. The van der Waals surface area contributed by atoms with Gasteiger partial charge in [0.05, 0.1) is 0 Å². The number of carbonyl (C=O) groups excluding carboxylic acids is 3. The molecule has 0 radical (unpaired) electrons. The van der Waals surface area contributed by atoms with Crippen LogP contribution in [0.4, 0.5) is 4.79 Å². The molecule has 1 aromatic carbocycles. The van der Waals surface area contributed by atoms with E-state index in [9.17, 15) is 14.4 Å². The Morgan fingerprint density at radius 3 is 2.48 bits per heavy atom. The summed E-state index contributed by atoms with van der Waals surface area (Å²) in [5.74, 6) is -0.650. The number of carbonyl (C=O) groups is 3. The van der Waals surface area contributed by atoms with E-state index in [0.717, 1.165) is 10.5 Å². The molecule has 6 nitrogen and oxygen atoms in total. The summed E-state index contributed by atoms with van der Waals surface area (Å²) in [6.45, 7) is 3.66. The van der Waals surface area contributed by atoms with Crippen LogP contribution in [0.5, 0.6) is 0 Å². The predicted molar refractivity (Wildman–Crippen MR) is 84.8 cm³/mol. The summed E-state index contributed by atoms with van der Waals surface area (Å²) in [5, 5.41) is 3.21. The van der Waals surface area contributed by atoms with Gasteiger partial charge in [0.15, 0.2) is 0 Å². The highest BCUT2D eigenvalue weighted by molar-refractivity contribution is 6.30. The van der Waals surface area contributed by atoms with Gasteiger partial charge in [0.2, 0.25) is 0 Å². The van der Waals surface area contributed by atoms with Gasteiger partial charge in [-0.25, -0.2) is 4.79 Å². The Bertz CT molecular complexity index is 613. The van der Waals surface area contributed by atoms with Crippen LogP contribution in [0.25, 0.3) is 0 Å². The first-order valence-corrected chi connectivity index (χ1v) is 7.71. The Balaban J connectivity index is 1.72. The Kier molecular flexibility index (Phi) is 5.26. The summed E-state index contributed by atoms with van der Waals surface area (Å²) in [4.78, 5) is 36.5. The normalized spacial score (nSPS) is 16.4. The number of hydrogen-bond acceptors (Lipinski definition) is 4. The fraction of sp³-hybridized carbons (Fsp3) is 0.438. The van der Waals surface area contributed by atoms with Crippen molar-refractivity contribution in [2.75, 3.05) is 6.54 Å². The van der Waals surface area contributed by atoms with Crippen LogP contribution in [0.1, 0.15) is 32.3 Å². The maximum atomic E-state index is 12.0. The Morgan fingerprint density at radius 2 is 1.91 bits per heavy atom. The van der Waals surface area contributed by atoms with Crippen LogP contribution in [0.2, 0.25) is 5.02 Å². The lowest BCUT2D eigenvalue weighted by Gasteiger charge is -2.15. The highest BCUT2D eigenvalue weighted by Gasteiger charge is 2.43. The van der Waals surface area contributed by atoms with E-state index in [4.69, 9.17) is 16.3 Å². The minimum Gasteiger partial charge on any atom is -0.461 e. The van der Waals surface area contributed by atoms with E-state index in [1.54, 1.807) is 38.1 Å². The quantitative estimate of drug-likeness (QED) is 0.638. The van der Waals surface area contributed by atoms with Crippen LogP contribution in [0, 0.1) is 0 Å². The van der Waals surface area contributed by atoms with Crippen LogP contribution in [-0.4, -0.2) is 34.9 Å². The van der Waals surface area contributed by atoms with Crippen molar-refractivity contribution in [3.8, 4) is 0 Å². The van der Waals surface area contributed by atoms with Crippen molar-refractivity contribution < 1.29 is 19.1 Å². The third-order valence-corrected chi connectivity index (χ3v) is 3.77. The lowest BCUT2D eigenvalue weighted by Crippen LogP contribution is -2.40. The fourth-order valence-corrected chi connectivity index (χ4v) is 2.35. The summed E-state index contributed by atoms with van der Waals surface area (Å²) in [7, 11) is 0. The third kappa shape index (κ3) is 4.45. The summed E-state index contributed by atoms with van der Waals surface area (Å²) in [6.07, 6.45) is 0.514. The third-order valence-electron chi connectivity index (χ3n) is 3.52. The molecule has 3 amide bonds. The lowest BCUT2D eigenvalue weighted by molar-refractivity contribution is -0.145. The summed E-state index contributed by atoms with van der Waals surface area (Å²) < 4.78 is 5.14. The molecule has 0 saturated carbocycles. The van der Waals surface area contributed by atoms with Crippen molar-refractivity contribution in [1.82, 2.24) is 10.2 Å². The summed E-state index contributed by atoms with van der Waals surface area (Å²) >= 11 is 5.78. The largest absolute Gasteiger partial charge is 0.461 e. The minimum absolute atomic E-state index is 0.144. The van der Waals surface area contributed by atoms with E-state index in [1.807, 2.05) is 0 Å². The highest BCUT2D eigenvalue weighted by atomic mass is 35.5. The van der Waals surface area contributed by atoms with Crippen molar-refractivity contribution in [3.05, 3.63) is 34.9 Å². The van der Waals surface area contributed by atoms with Crippen molar-refractivity contribution in [2.24, 2.45) is 0 Å². The standard InChI is InChI=1S/C16H19ClN2O4/c1-16(2)14(21)19(15(22)18-16)9-3-4-13(20)23-10-11-5-7-12(17)8-6-11/h5-8H,3-4,9-10H2,1-2H3,(H,18,22). The average molecular weight is 339 g/mol. The Morgan fingerprint density at radius 1 is 1.26 bits per heavy atom. The maximum Gasteiger partial charge on any atom is 0.325 e. The number of ether oxygens (including phenoxy) is 1. The molecule has 0 aliphatic carbocycles. The number of hydrogen-bond donors (Lipinski definition) is 1. The van der Waals surface area contributed by atoms with Crippen molar-refractivity contribution in [2.45, 2.75) is 38.8 Å². The van der Waals surface area contributed by atoms with Gasteiger partial charge in [-0.15, -0.1) is 0 Å². The molecule has 23 heavy (non-hydrogen) atoms. The zero-order chi connectivity index (χ0) is 17.0. The average Bonchev–Trinajstić information content (AvgIpc) is 2.68. The molecular formula is C16H19ClN2O4. The van der Waals surface area contributed by atoms with Gasteiger partial charge in [-0.3, -0.25) is 14.5 Å². The second-order valence-electron chi connectivity index (χ2n) is 5.90. The van der Waals surface area contributed by atoms with Crippen LogP contribution < -0.4 is 5.32 Å². The lowest BCUT2D eigenvalue weighted by atomic mass is 10.1. The van der Waals surface area contributed by atoms with E-state index in [0.29, 0.717) is 11.4 Å². The number of nitrogens with one attached hydrogen (secondary N) is 1. The monoisotopic (exact) mass is 338 g/mol. The van der Waals surface area contributed by atoms with Gasteiger partial charge in [0, 0.05) is 18.0 Å². The van der Waals surface area contributed by atoms with Gasteiger partial charge < -0.3 is 10.1 Å². The topological polar surface area (TPSA) is 75.7 Å². The number of nitrogens with zero attached hydrogens (tertiary/aromatic N) is 1. The first-order valence-electron chi connectivity index (χ1n) is 7.34. The molecule has 0 atom stereocenters. The Hall–Kier alpha value is -2.08. The molecule has 2 rings (SSSR count). The number of benzene rings is 1. The summed E-state index contributed by atoms with van der Waals surface area (Å²) in [5.41, 5.74) is -0.0368. The fourth-order valence-electron chi connectivity index (χ4n) is 2.22. The number of urea groups is 1. The second kappa shape index (κ2) is 7.00. The first-order chi connectivity index (χ1) is 10.8. The van der Waals surface area contributed by atoms with Crippen LogP contribution >= 0.6 is 11.6 Å². The predicted octanol–water partition coefficient (Wildman–Crippen LogP) is 2.49. The van der Waals surface area contributed by atoms with Gasteiger partial charge in [-0.05, 0) is 38.0 Å². The molecule has 0 aromatic heterocycles. The van der Waals surface area contributed by atoms with E-state index < -0.39 is 11.6 Å². The SMILES string of the molecule is CC1(C)NC(=O)N(CCCC(=O)OCc2ccc(Cl)cc2)C1=O. The Labute approximate surface area is 139 Å². The minimum atomic E-state index is -0.883. The second-order valence-corrected chi connectivity index (χ2v) is 6.34. The van der Waals surface area contributed by atoms with Gasteiger partial charge in [0.1, 0.15) is 12.1 Å². The van der Waals surface area contributed by atoms with Crippen molar-refractivity contribution >= 4 is 29.5 Å². The van der Waals surface area contributed by atoms with Gasteiger partial charge in [-0.2, -0.15) is 0 Å². The van der Waals surface area contributed by atoms with Crippen LogP contribution in [-0.2, 0) is 20.9 Å². The molecule has 1 aromatic rings. The molecule has 0 unspecified atom stereocenters.